The lowest BCUT2D eigenvalue weighted by Crippen LogP contribution is -2.45. The minimum atomic E-state index is -0.827. The Labute approximate surface area is 118 Å². The Morgan fingerprint density at radius 2 is 2.05 bits per heavy atom. The molecule has 2 rings (SSSR count). The summed E-state index contributed by atoms with van der Waals surface area (Å²) >= 11 is 0. The van der Waals surface area contributed by atoms with Gasteiger partial charge in [-0.15, -0.1) is 0 Å². The quantitative estimate of drug-likeness (QED) is 0.861. The molecule has 0 radical (unpaired) electrons. The molecule has 1 aromatic rings. The number of benzene rings is 1. The van der Waals surface area contributed by atoms with Crippen LogP contribution in [-0.2, 0) is 9.59 Å². The predicted molar refractivity (Wildman–Crippen MR) is 75.2 cm³/mol. The van der Waals surface area contributed by atoms with Gasteiger partial charge in [0.25, 0.3) is 0 Å². The molecule has 5 heteroatoms. The minimum absolute atomic E-state index is 0.0651. The first kappa shape index (κ1) is 14.5. The molecule has 2 unspecified atom stereocenters. The lowest BCUT2D eigenvalue weighted by molar-refractivity contribution is -0.146. The highest BCUT2D eigenvalue weighted by molar-refractivity contribution is 5.84. The number of amides is 1. The summed E-state index contributed by atoms with van der Waals surface area (Å²) in [7, 11) is 0. The van der Waals surface area contributed by atoms with Crippen LogP contribution >= 0.6 is 0 Å². The maximum atomic E-state index is 12.6. The lowest BCUT2D eigenvalue weighted by Gasteiger charge is -2.33. The summed E-state index contributed by atoms with van der Waals surface area (Å²) in [4.78, 5) is 25.3. The Hall–Kier alpha value is -1.88. The van der Waals surface area contributed by atoms with E-state index in [1.54, 1.807) is 4.90 Å². The van der Waals surface area contributed by atoms with E-state index in [0.29, 0.717) is 13.0 Å². The van der Waals surface area contributed by atoms with Crippen molar-refractivity contribution in [2.24, 2.45) is 11.7 Å². The summed E-state index contributed by atoms with van der Waals surface area (Å²) in [6.07, 6.45) is 1.37. The average Bonchev–Trinajstić information content (AvgIpc) is 2.49. The molecule has 0 aliphatic carbocycles. The molecule has 3 N–H and O–H groups in total. The Kier molecular flexibility index (Phi) is 4.74. The van der Waals surface area contributed by atoms with Crippen LogP contribution in [0.5, 0.6) is 0 Å². The van der Waals surface area contributed by atoms with Crippen LogP contribution in [0.4, 0.5) is 0 Å². The summed E-state index contributed by atoms with van der Waals surface area (Å²) in [6, 6.07) is 9.41. The molecule has 2 atom stereocenters. The first-order valence-electron chi connectivity index (χ1n) is 6.90. The minimum Gasteiger partial charge on any atom is -0.481 e. The van der Waals surface area contributed by atoms with Gasteiger partial charge in [0.2, 0.25) is 5.91 Å². The highest BCUT2D eigenvalue weighted by atomic mass is 16.4. The highest BCUT2D eigenvalue weighted by Crippen LogP contribution is 2.22. The van der Waals surface area contributed by atoms with E-state index in [9.17, 15) is 9.59 Å². The molecule has 0 aromatic heterocycles. The third kappa shape index (κ3) is 3.17. The third-order valence-electron chi connectivity index (χ3n) is 3.82. The molecule has 1 aliphatic rings. The van der Waals surface area contributed by atoms with Crippen molar-refractivity contribution in [1.29, 1.82) is 0 Å². The van der Waals surface area contributed by atoms with Crippen LogP contribution in [0.15, 0.2) is 30.3 Å². The van der Waals surface area contributed by atoms with Gasteiger partial charge in [-0.3, -0.25) is 9.59 Å². The van der Waals surface area contributed by atoms with Crippen LogP contribution < -0.4 is 5.73 Å². The van der Waals surface area contributed by atoms with E-state index in [1.165, 1.54) is 0 Å². The van der Waals surface area contributed by atoms with Gasteiger partial charge in [0.1, 0.15) is 0 Å². The van der Waals surface area contributed by atoms with Gasteiger partial charge >= 0.3 is 5.97 Å². The maximum absolute atomic E-state index is 12.6. The molecule has 0 spiro atoms. The smallest absolute Gasteiger partial charge is 0.308 e. The van der Waals surface area contributed by atoms with Gasteiger partial charge in [-0.05, 0) is 18.4 Å². The zero-order chi connectivity index (χ0) is 14.5. The largest absolute Gasteiger partial charge is 0.481 e. The van der Waals surface area contributed by atoms with Gasteiger partial charge in [0.15, 0.2) is 0 Å². The second kappa shape index (κ2) is 6.52. The van der Waals surface area contributed by atoms with Gasteiger partial charge in [0, 0.05) is 19.6 Å². The van der Waals surface area contributed by atoms with Crippen molar-refractivity contribution in [1.82, 2.24) is 4.90 Å². The fraction of sp³-hybridized carbons (Fsp3) is 0.467. The Bertz CT molecular complexity index is 475. The number of likely N-dealkylation sites (tertiary alicyclic amines) is 1. The first-order chi connectivity index (χ1) is 9.63. The van der Waals surface area contributed by atoms with E-state index in [2.05, 4.69) is 0 Å². The fourth-order valence-corrected chi connectivity index (χ4v) is 2.66. The number of hydrogen-bond donors (Lipinski definition) is 2. The van der Waals surface area contributed by atoms with E-state index in [-0.39, 0.29) is 24.9 Å². The van der Waals surface area contributed by atoms with Crippen molar-refractivity contribution in [3.05, 3.63) is 35.9 Å². The number of carbonyl (C=O) groups is 2. The third-order valence-corrected chi connectivity index (χ3v) is 3.82. The van der Waals surface area contributed by atoms with Crippen LogP contribution in [-0.4, -0.2) is 41.5 Å². The average molecular weight is 276 g/mol. The van der Waals surface area contributed by atoms with Crippen LogP contribution in [0.3, 0.4) is 0 Å². The lowest BCUT2D eigenvalue weighted by atomic mass is 9.93. The summed E-state index contributed by atoms with van der Waals surface area (Å²) in [5.41, 5.74) is 6.63. The number of carboxylic acids is 1. The van der Waals surface area contributed by atoms with Crippen molar-refractivity contribution in [3.63, 3.8) is 0 Å². The standard InChI is InChI=1S/C15H20N2O3/c16-9-13(11-5-2-1-3-6-11)14(18)17-8-4-7-12(10-17)15(19)20/h1-3,5-6,12-13H,4,7-10,16H2,(H,19,20). The monoisotopic (exact) mass is 276 g/mol. The Morgan fingerprint density at radius 3 is 2.65 bits per heavy atom. The summed E-state index contributed by atoms with van der Waals surface area (Å²) in [6.45, 7) is 1.14. The molecular weight excluding hydrogens is 256 g/mol. The highest BCUT2D eigenvalue weighted by Gasteiger charge is 2.31. The van der Waals surface area contributed by atoms with Crippen molar-refractivity contribution < 1.29 is 14.7 Å². The summed E-state index contributed by atoms with van der Waals surface area (Å²) in [5.74, 6) is -1.73. The first-order valence-corrected chi connectivity index (χ1v) is 6.90. The van der Waals surface area contributed by atoms with E-state index < -0.39 is 11.9 Å². The van der Waals surface area contributed by atoms with Crippen molar-refractivity contribution in [2.75, 3.05) is 19.6 Å². The van der Waals surface area contributed by atoms with Gasteiger partial charge < -0.3 is 15.7 Å². The number of nitrogens with zero attached hydrogens (tertiary/aromatic N) is 1. The molecule has 1 aromatic carbocycles. The number of hydrogen-bond acceptors (Lipinski definition) is 3. The van der Waals surface area contributed by atoms with E-state index in [1.807, 2.05) is 30.3 Å². The molecule has 0 saturated carbocycles. The predicted octanol–water partition coefficient (Wildman–Crippen LogP) is 1.05. The van der Waals surface area contributed by atoms with Gasteiger partial charge in [-0.1, -0.05) is 30.3 Å². The number of carbonyl (C=O) groups excluding carboxylic acids is 1. The molecule has 5 nitrogen and oxygen atoms in total. The number of carboxylic acid groups (broad SMARTS) is 1. The molecule has 20 heavy (non-hydrogen) atoms. The second-order valence-electron chi connectivity index (χ2n) is 5.16. The van der Waals surface area contributed by atoms with Gasteiger partial charge in [-0.2, -0.15) is 0 Å². The van der Waals surface area contributed by atoms with E-state index >= 15 is 0 Å². The van der Waals surface area contributed by atoms with Crippen LogP contribution in [0.1, 0.15) is 24.3 Å². The summed E-state index contributed by atoms with van der Waals surface area (Å²) in [5, 5.41) is 9.09. The van der Waals surface area contributed by atoms with Gasteiger partial charge in [-0.25, -0.2) is 0 Å². The Balaban J connectivity index is 2.11. The van der Waals surface area contributed by atoms with Crippen LogP contribution in [0, 0.1) is 5.92 Å². The number of piperidine rings is 1. The molecule has 1 amide bonds. The molecule has 108 valence electrons. The van der Waals surface area contributed by atoms with Crippen molar-refractivity contribution in [3.8, 4) is 0 Å². The Morgan fingerprint density at radius 1 is 1.35 bits per heavy atom. The van der Waals surface area contributed by atoms with Crippen molar-refractivity contribution in [2.45, 2.75) is 18.8 Å². The zero-order valence-corrected chi connectivity index (χ0v) is 11.4. The molecule has 0 bridgehead atoms. The van der Waals surface area contributed by atoms with Crippen LogP contribution in [0.2, 0.25) is 0 Å². The second-order valence-corrected chi connectivity index (χ2v) is 5.16. The topological polar surface area (TPSA) is 83.6 Å². The maximum Gasteiger partial charge on any atom is 0.308 e. The SMILES string of the molecule is NCC(C(=O)N1CCCC(C(=O)O)C1)c1ccccc1. The number of aliphatic carboxylic acids is 1. The van der Waals surface area contributed by atoms with Crippen LogP contribution in [0.25, 0.3) is 0 Å². The van der Waals surface area contributed by atoms with E-state index in [0.717, 1.165) is 12.0 Å². The molecule has 1 saturated heterocycles. The summed E-state index contributed by atoms with van der Waals surface area (Å²) < 4.78 is 0. The number of nitrogens with two attached hydrogens (primary N) is 1. The number of rotatable bonds is 4. The fourth-order valence-electron chi connectivity index (χ4n) is 2.66. The molecule has 1 aliphatic heterocycles. The van der Waals surface area contributed by atoms with Crippen molar-refractivity contribution >= 4 is 11.9 Å². The molecule has 1 heterocycles. The van der Waals surface area contributed by atoms with E-state index in [4.69, 9.17) is 10.8 Å². The zero-order valence-electron chi connectivity index (χ0n) is 11.4. The normalized spacial score (nSPS) is 20.4. The van der Waals surface area contributed by atoms with Gasteiger partial charge in [0.05, 0.1) is 11.8 Å². The molecular formula is C15H20N2O3. The molecule has 1 fully saturated rings.